The normalized spacial score (nSPS) is 23.2. The minimum absolute atomic E-state index is 0.471. The zero-order chi connectivity index (χ0) is 11.0. The fourth-order valence-corrected chi connectivity index (χ4v) is 2.88. The Morgan fingerprint density at radius 2 is 2.06 bits per heavy atom. The summed E-state index contributed by atoms with van der Waals surface area (Å²) in [6.45, 7) is 3.97. The Morgan fingerprint density at radius 1 is 1.31 bits per heavy atom. The molecule has 0 aromatic carbocycles. The minimum atomic E-state index is 0.471. The van der Waals surface area contributed by atoms with E-state index in [-0.39, 0.29) is 0 Å². The molecule has 0 bridgehead atoms. The summed E-state index contributed by atoms with van der Waals surface area (Å²) in [4.78, 5) is 6.61. The molecule has 1 aromatic rings. The van der Waals surface area contributed by atoms with E-state index in [2.05, 4.69) is 9.88 Å². The Labute approximate surface area is 100 Å². The molecule has 0 aliphatic carbocycles. The molecule has 4 heteroatoms. The first-order valence-corrected chi connectivity index (χ1v) is 6.10. The number of pyridine rings is 1. The van der Waals surface area contributed by atoms with Crippen LogP contribution in [-0.2, 0) is 4.74 Å². The smallest absolute Gasteiger partial charge is 0.147 e. The number of hydrogen-bond donors (Lipinski definition) is 0. The third-order valence-electron chi connectivity index (χ3n) is 3.64. The maximum atomic E-state index is 6.13. The largest absolute Gasteiger partial charge is 0.381 e. The minimum Gasteiger partial charge on any atom is -0.381 e. The molecule has 1 aromatic heterocycles. The molecule has 3 heterocycles. The van der Waals surface area contributed by atoms with E-state index in [1.807, 2.05) is 12.1 Å². The lowest BCUT2D eigenvalue weighted by Gasteiger charge is -2.52. The Kier molecular flexibility index (Phi) is 2.52. The van der Waals surface area contributed by atoms with Gasteiger partial charge >= 0.3 is 0 Å². The number of ether oxygens (including phenoxy) is 1. The van der Waals surface area contributed by atoms with Crippen molar-refractivity contribution in [3.05, 3.63) is 23.4 Å². The van der Waals surface area contributed by atoms with Crippen LogP contribution in [-0.4, -0.2) is 31.3 Å². The lowest BCUT2D eigenvalue weighted by Crippen LogP contribution is -2.58. The van der Waals surface area contributed by atoms with E-state index < -0.39 is 0 Å². The predicted molar refractivity (Wildman–Crippen MR) is 63.9 cm³/mol. The topological polar surface area (TPSA) is 25.4 Å². The average Bonchev–Trinajstić information content (AvgIpc) is 2.28. The van der Waals surface area contributed by atoms with E-state index in [9.17, 15) is 0 Å². The molecule has 2 aliphatic heterocycles. The molecule has 86 valence electrons. The fraction of sp³-hybridized carbons (Fsp3) is 0.583. The van der Waals surface area contributed by atoms with Crippen molar-refractivity contribution in [3.63, 3.8) is 0 Å². The van der Waals surface area contributed by atoms with Crippen LogP contribution in [0.15, 0.2) is 18.3 Å². The van der Waals surface area contributed by atoms with Crippen molar-refractivity contribution < 1.29 is 4.74 Å². The maximum Gasteiger partial charge on any atom is 0.147 e. The molecule has 0 saturated carbocycles. The Morgan fingerprint density at radius 3 is 2.75 bits per heavy atom. The Balaban J connectivity index is 1.71. The van der Waals surface area contributed by atoms with Crippen LogP contribution in [0, 0.1) is 5.41 Å². The summed E-state index contributed by atoms with van der Waals surface area (Å²) >= 11 is 6.13. The summed E-state index contributed by atoms with van der Waals surface area (Å²) in [6.07, 6.45) is 4.15. The van der Waals surface area contributed by atoms with Gasteiger partial charge in [-0.05, 0) is 25.0 Å². The fourth-order valence-electron chi connectivity index (χ4n) is 2.64. The SMILES string of the molecule is Clc1cccnc1N1CC2(CCOCC2)C1. The van der Waals surface area contributed by atoms with Gasteiger partial charge in [0.1, 0.15) is 5.82 Å². The molecule has 2 saturated heterocycles. The van der Waals surface area contributed by atoms with Crippen molar-refractivity contribution in [2.24, 2.45) is 5.41 Å². The highest BCUT2D eigenvalue weighted by atomic mass is 35.5. The third-order valence-corrected chi connectivity index (χ3v) is 3.94. The lowest BCUT2D eigenvalue weighted by atomic mass is 9.73. The first-order valence-electron chi connectivity index (χ1n) is 5.72. The molecule has 3 nitrogen and oxygen atoms in total. The average molecular weight is 239 g/mol. The lowest BCUT2D eigenvalue weighted by molar-refractivity contribution is -0.000444. The molecule has 2 aliphatic rings. The molecule has 0 atom stereocenters. The summed E-state index contributed by atoms with van der Waals surface area (Å²) in [5.74, 6) is 0.932. The number of nitrogens with zero attached hydrogens (tertiary/aromatic N) is 2. The van der Waals surface area contributed by atoms with Gasteiger partial charge in [-0.25, -0.2) is 4.98 Å². The third kappa shape index (κ3) is 1.68. The summed E-state index contributed by atoms with van der Waals surface area (Å²) in [7, 11) is 0. The second kappa shape index (κ2) is 3.90. The molecular weight excluding hydrogens is 224 g/mol. The van der Waals surface area contributed by atoms with Crippen molar-refractivity contribution in [2.45, 2.75) is 12.8 Å². The Bertz CT molecular complexity index is 382. The van der Waals surface area contributed by atoms with Crippen LogP contribution in [0.5, 0.6) is 0 Å². The van der Waals surface area contributed by atoms with Gasteiger partial charge in [-0.1, -0.05) is 11.6 Å². The molecule has 2 fully saturated rings. The molecule has 1 spiro atoms. The molecule has 0 N–H and O–H groups in total. The highest BCUT2D eigenvalue weighted by molar-refractivity contribution is 6.32. The van der Waals surface area contributed by atoms with E-state index in [1.54, 1.807) is 6.20 Å². The van der Waals surface area contributed by atoms with E-state index >= 15 is 0 Å². The second-order valence-electron chi connectivity index (χ2n) is 4.78. The zero-order valence-corrected chi connectivity index (χ0v) is 9.91. The number of rotatable bonds is 1. The summed E-state index contributed by atoms with van der Waals surface area (Å²) in [6, 6.07) is 3.77. The van der Waals surface area contributed by atoms with E-state index in [0.29, 0.717) is 5.41 Å². The van der Waals surface area contributed by atoms with Gasteiger partial charge in [0.25, 0.3) is 0 Å². The van der Waals surface area contributed by atoms with Crippen LogP contribution in [0.2, 0.25) is 5.02 Å². The van der Waals surface area contributed by atoms with Gasteiger partial charge in [-0.2, -0.15) is 0 Å². The van der Waals surface area contributed by atoms with Crippen LogP contribution >= 0.6 is 11.6 Å². The van der Waals surface area contributed by atoms with Crippen LogP contribution in [0.1, 0.15) is 12.8 Å². The highest BCUT2D eigenvalue weighted by Gasteiger charge is 2.44. The van der Waals surface area contributed by atoms with Gasteiger partial charge in [0.05, 0.1) is 5.02 Å². The van der Waals surface area contributed by atoms with Gasteiger partial charge in [0, 0.05) is 37.9 Å². The zero-order valence-electron chi connectivity index (χ0n) is 9.16. The van der Waals surface area contributed by atoms with Crippen molar-refractivity contribution in [2.75, 3.05) is 31.2 Å². The molecule has 0 radical (unpaired) electrons. The van der Waals surface area contributed by atoms with Gasteiger partial charge in [-0.15, -0.1) is 0 Å². The first kappa shape index (κ1) is 10.4. The first-order chi connectivity index (χ1) is 7.79. The second-order valence-corrected chi connectivity index (χ2v) is 5.18. The molecule has 16 heavy (non-hydrogen) atoms. The summed E-state index contributed by atoms with van der Waals surface area (Å²) < 4.78 is 5.41. The summed E-state index contributed by atoms with van der Waals surface area (Å²) in [5, 5.41) is 0.754. The van der Waals surface area contributed by atoms with Crippen molar-refractivity contribution in [1.82, 2.24) is 4.98 Å². The van der Waals surface area contributed by atoms with E-state index in [1.165, 1.54) is 12.8 Å². The monoisotopic (exact) mass is 238 g/mol. The molecule has 0 unspecified atom stereocenters. The molecule has 0 amide bonds. The van der Waals surface area contributed by atoms with E-state index in [4.69, 9.17) is 16.3 Å². The number of aromatic nitrogens is 1. The highest BCUT2D eigenvalue weighted by Crippen LogP contribution is 2.42. The quantitative estimate of drug-likeness (QED) is 0.751. The van der Waals surface area contributed by atoms with Crippen LogP contribution in [0.3, 0.4) is 0 Å². The van der Waals surface area contributed by atoms with Crippen molar-refractivity contribution in [1.29, 1.82) is 0 Å². The Hall–Kier alpha value is -0.800. The molecule has 3 rings (SSSR count). The van der Waals surface area contributed by atoms with Crippen molar-refractivity contribution >= 4 is 17.4 Å². The van der Waals surface area contributed by atoms with Gasteiger partial charge < -0.3 is 9.64 Å². The number of anilines is 1. The molecular formula is C12H15ClN2O. The standard InChI is InChI=1S/C12H15ClN2O/c13-10-2-1-5-14-11(10)15-8-12(9-15)3-6-16-7-4-12/h1-2,5H,3-4,6-9H2. The predicted octanol–water partition coefficient (Wildman–Crippen LogP) is 2.35. The van der Waals surface area contributed by atoms with Gasteiger partial charge in [0.15, 0.2) is 0 Å². The number of hydrogen-bond acceptors (Lipinski definition) is 3. The van der Waals surface area contributed by atoms with Crippen LogP contribution < -0.4 is 4.90 Å². The number of halogens is 1. The van der Waals surface area contributed by atoms with Gasteiger partial charge in [0.2, 0.25) is 0 Å². The van der Waals surface area contributed by atoms with Crippen LogP contribution in [0.4, 0.5) is 5.82 Å². The van der Waals surface area contributed by atoms with E-state index in [0.717, 1.165) is 37.1 Å². The summed E-state index contributed by atoms with van der Waals surface area (Å²) in [5.41, 5.74) is 0.471. The van der Waals surface area contributed by atoms with Crippen molar-refractivity contribution in [3.8, 4) is 0 Å². The maximum absolute atomic E-state index is 6.13. The van der Waals surface area contributed by atoms with Crippen LogP contribution in [0.25, 0.3) is 0 Å². The van der Waals surface area contributed by atoms with Gasteiger partial charge in [-0.3, -0.25) is 0 Å².